The summed E-state index contributed by atoms with van der Waals surface area (Å²) in [5.74, 6) is 0.491. The van der Waals surface area contributed by atoms with Gasteiger partial charge in [-0.05, 0) is 62.2 Å². The highest BCUT2D eigenvalue weighted by atomic mass is 32.1. The van der Waals surface area contributed by atoms with Crippen molar-refractivity contribution in [2.45, 2.75) is 27.3 Å². The van der Waals surface area contributed by atoms with Crippen LogP contribution in [0.1, 0.15) is 28.4 Å². The number of amides is 1. The Hall–Kier alpha value is -2.66. The molecule has 0 aliphatic heterocycles. The Morgan fingerprint density at radius 2 is 2.00 bits per heavy atom. The van der Waals surface area contributed by atoms with E-state index in [2.05, 4.69) is 37.6 Å². The molecule has 1 aromatic heterocycles. The lowest BCUT2D eigenvalue weighted by Gasteiger charge is -2.05. The minimum Gasteiger partial charge on any atom is -0.494 e. The molecule has 3 rings (SSSR count). The molecule has 0 atom stereocenters. The fourth-order valence-corrected chi connectivity index (χ4v) is 4.20. The second kappa shape index (κ2) is 7.70. The third-order valence-electron chi connectivity index (χ3n) is 4.03. The number of hydrogen-bond acceptors (Lipinski definition) is 3. The van der Waals surface area contributed by atoms with Gasteiger partial charge in [-0.25, -0.2) is 0 Å². The average Bonchev–Trinajstić information content (AvgIpc) is 2.93. The first kappa shape index (κ1) is 18.1. The lowest BCUT2D eigenvalue weighted by molar-refractivity contribution is 0.0998. The van der Waals surface area contributed by atoms with Crippen molar-refractivity contribution in [2.24, 2.45) is 4.99 Å². The average molecular weight is 366 g/mol. The van der Waals surface area contributed by atoms with E-state index >= 15 is 0 Å². The number of rotatable bonds is 5. The molecule has 0 unspecified atom stereocenters. The molecule has 2 aromatic carbocycles. The van der Waals surface area contributed by atoms with Crippen LogP contribution < -0.4 is 9.54 Å². The molecule has 0 saturated heterocycles. The summed E-state index contributed by atoms with van der Waals surface area (Å²) in [6.45, 7) is 11.1. The van der Waals surface area contributed by atoms with Gasteiger partial charge in [-0.1, -0.05) is 23.5 Å². The Morgan fingerprint density at radius 3 is 2.65 bits per heavy atom. The van der Waals surface area contributed by atoms with Crippen LogP contribution in [0, 0.1) is 13.8 Å². The summed E-state index contributed by atoms with van der Waals surface area (Å²) in [5.41, 5.74) is 4.03. The predicted octanol–water partition coefficient (Wildman–Crippen LogP) is 4.65. The number of ether oxygens (including phenoxy) is 1. The molecular weight excluding hydrogens is 344 g/mol. The molecule has 134 valence electrons. The molecule has 0 aliphatic rings. The third kappa shape index (κ3) is 3.63. The second-order valence-corrected chi connectivity index (χ2v) is 7.10. The van der Waals surface area contributed by atoms with Crippen LogP contribution in [0.2, 0.25) is 0 Å². The van der Waals surface area contributed by atoms with Crippen molar-refractivity contribution in [1.29, 1.82) is 0 Å². The number of aromatic nitrogens is 1. The first-order chi connectivity index (χ1) is 12.5. The number of carbonyl (C=O) groups excluding carboxylic acids is 1. The Morgan fingerprint density at radius 1 is 1.27 bits per heavy atom. The van der Waals surface area contributed by atoms with E-state index in [9.17, 15) is 4.79 Å². The molecule has 0 fully saturated rings. The molecule has 0 aliphatic carbocycles. The van der Waals surface area contributed by atoms with Crippen LogP contribution in [0.4, 0.5) is 0 Å². The summed E-state index contributed by atoms with van der Waals surface area (Å²) in [6, 6.07) is 11.4. The largest absolute Gasteiger partial charge is 0.494 e. The summed E-state index contributed by atoms with van der Waals surface area (Å²) >= 11 is 1.53. The van der Waals surface area contributed by atoms with Crippen LogP contribution >= 0.6 is 11.3 Å². The number of carbonyl (C=O) groups is 1. The van der Waals surface area contributed by atoms with E-state index in [4.69, 9.17) is 4.74 Å². The zero-order valence-electron chi connectivity index (χ0n) is 15.3. The molecule has 0 radical (unpaired) electrons. The summed E-state index contributed by atoms with van der Waals surface area (Å²) < 4.78 is 8.60. The van der Waals surface area contributed by atoms with Crippen LogP contribution in [-0.2, 0) is 6.54 Å². The molecule has 4 nitrogen and oxygen atoms in total. The van der Waals surface area contributed by atoms with Crippen molar-refractivity contribution in [1.82, 2.24) is 4.57 Å². The first-order valence-corrected chi connectivity index (χ1v) is 9.38. The van der Waals surface area contributed by atoms with Gasteiger partial charge < -0.3 is 9.30 Å². The van der Waals surface area contributed by atoms with Gasteiger partial charge in [0.05, 0.1) is 16.8 Å². The number of allylic oxidation sites excluding steroid dienone is 1. The number of aryl methyl sites for hydroxylation is 2. The molecule has 1 heterocycles. The Bertz CT molecular complexity index is 1030. The summed E-state index contributed by atoms with van der Waals surface area (Å²) in [5, 5.41) is 0. The lowest BCUT2D eigenvalue weighted by Crippen LogP contribution is -2.16. The highest BCUT2D eigenvalue weighted by molar-refractivity contribution is 7.16. The molecule has 1 amide bonds. The Labute approximate surface area is 157 Å². The van der Waals surface area contributed by atoms with Gasteiger partial charge in [0.1, 0.15) is 5.75 Å². The molecule has 26 heavy (non-hydrogen) atoms. The van der Waals surface area contributed by atoms with Crippen molar-refractivity contribution in [3.05, 3.63) is 70.5 Å². The van der Waals surface area contributed by atoms with Gasteiger partial charge in [0.2, 0.25) is 0 Å². The molecule has 0 saturated carbocycles. The molecule has 0 spiro atoms. The second-order valence-electron chi connectivity index (χ2n) is 6.09. The molecule has 5 heteroatoms. The van der Waals surface area contributed by atoms with Crippen molar-refractivity contribution < 1.29 is 9.53 Å². The minimum absolute atomic E-state index is 0.258. The molecule has 0 N–H and O–H groups in total. The quantitative estimate of drug-likeness (QED) is 0.617. The molecule has 3 aromatic rings. The topological polar surface area (TPSA) is 43.6 Å². The van der Waals surface area contributed by atoms with Crippen molar-refractivity contribution in [3.8, 4) is 5.75 Å². The van der Waals surface area contributed by atoms with Gasteiger partial charge in [0.25, 0.3) is 5.91 Å². The van der Waals surface area contributed by atoms with Gasteiger partial charge in [-0.15, -0.1) is 6.58 Å². The molecular formula is C21H22N2O2S. The standard InChI is InChI=1S/C21H22N2O2S/c1-5-11-23-19-15(4)12-14(3)13-18(19)26-21(23)22-20(24)16-7-9-17(10-8-16)25-6-2/h5,7-10,12-13H,1,6,11H2,2-4H3. The number of thiazole rings is 1. The number of nitrogens with zero attached hydrogens (tertiary/aromatic N) is 2. The van der Waals surface area contributed by atoms with E-state index in [1.165, 1.54) is 22.5 Å². The van der Waals surface area contributed by atoms with Crippen molar-refractivity contribution in [2.75, 3.05) is 6.61 Å². The number of benzene rings is 2. The molecule has 0 bridgehead atoms. The summed E-state index contributed by atoms with van der Waals surface area (Å²) in [4.78, 5) is 17.7. The highest BCUT2D eigenvalue weighted by Gasteiger charge is 2.11. The Kier molecular flexibility index (Phi) is 5.38. The van der Waals surface area contributed by atoms with E-state index in [0.717, 1.165) is 16.0 Å². The van der Waals surface area contributed by atoms with E-state index < -0.39 is 0 Å². The van der Waals surface area contributed by atoms with Crippen LogP contribution in [0.15, 0.2) is 54.0 Å². The minimum atomic E-state index is -0.258. The summed E-state index contributed by atoms with van der Waals surface area (Å²) in [7, 11) is 0. The van der Waals surface area contributed by atoms with Gasteiger partial charge >= 0.3 is 0 Å². The van der Waals surface area contributed by atoms with E-state index in [1.54, 1.807) is 24.3 Å². The van der Waals surface area contributed by atoms with Gasteiger partial charge in [-0.2, -0.15) is 4.99 Å². The van der Waals surface area contributed by atoms with Gasteiger partial charge in [-0.3, -0.25) is 4.79 Å². The Balaban J connectivity index is 2.08. The zero-order chi connectivity index (χ0) is 18.7. The normalized spacial score (nSPS) is 11.7. The van der Waals surface area contributed by atoms with E-state index in [0.29, 0.717) is 23.5 Å². The maximum Gasteiger partial charge on any atom is 0.279 e. The third-order valence-corrected chi connectivity index (χ3v) is 5.06. The maximum absolute atomic E-state index is 12.6. The van der Waals surface area contributed by atoms with Crippen molar-refractivity contribution in [3.63, 3.8) is 0 Å². The van der Waals surface area contributed by atoms with Crippen LogP contribution in [0.25, 0.3) is 10.2 Å². The first-order valence-electron chi connectivity index (χ1n) is 8.57. The van der Waals surface area contributed by atoms with Crippen LogP contribution in [-0.4, -0.2) is 17.1 Å². The lowest BCUT2D eigenvalue weighted by atomic mass is 10.1. The van der Waals surface area contributed by atoms with E-state index in [-0.39, 0.29) is 5.91 Å². The SMILES string of the molecule is C=CCn1c(=NC(=O)c2ccc(OCC)cc2)sc2cc(C)cc(C)c21. The van der Waals surface area contributed by atoms with Crippen LogP contribution in [0.3, 0.4) is 0 Å². The monoisotopic (exact) mass is 366 g/mol. The zero-order valence-corrected chi connectivity index (χ0v) is 16.1. The fraction of sp³-hybridized carbons (Fsp3) is 0.238. The van der Waals surface area contributed by atoms with Crippen LogP contribution in [0.5, 0.6) is 5.75 Å². The maximum atomic E-state index is 12.6. The smallest absolute Gasteiger partial charge is 0.279 e. The highest BCUT2D eigenvalue weighted by Crippen LogP contribution is 2.23. The van der Waals surface area contributed by atoms with Gasteiger partial charge in [0.15, 0.2) is 4.80 Å². The number of hydrogen-bond donors (Lipinski definition) is 0. The van der Waals surface area contributed by atoms with Crippen molar-refractivity contribution >= 4 is 27.5 Å². The number of fused-ring (bicyclic) bond motifs is 1. The van der Waals surface area contributed by atoms with E-state index in [1.807, 2.05) is 17.6 Å². The predicted molar refractivity (Wildman–Crippen MR) is 107 cm³/mol. The van der Waals surface area contributed by atoms with Gasteiger partial charge in [0, 0.05) is 12.1 Å². The summed E-state index contributed by atoms with van der Waals surface area (Å²) in [6.07, 6.45) is 1.83. The fourth-order valence-electron chi connectivity index (χ4n) is 2.99.